The number of rotatable bonds is 2. The fourth-order valence-corrected chi connectivity index (χ4v) is 2.09. The lowest BCUT2D eigenvalue weighted by atomic mass is 9.99. The summed E-state index contributed by atoms with van der Waals surface area (Å²) in [5.74, 6) is 0.0992. The molecule has 1 heterocycles. The zero-order valence-electron chi connectivity index (χ0n) is 9.68. The number of benzene rings is 1. The van der Waals surface area contributed by atoms with Crippen LogP contribution in [0.3, 0.4) is 0 Å². The number of hydrogen-bond acceptors (Lipinski definition) is 3. The molecule has 5 heteroatoms. The van der Waals surface area contributed by atoms with Gasteiger partial charge in [-0.1, -0.05) is 13.0 Å². The smallest absolute Gasteiger partial charge is 0.269 e. The first-order valence-corrected chi connectivity index (χ1v) is 5.65. The van der Waals surface area contributed by atoms with Crippen molar-refractivity contribution in [1.29, 1.82) is 0 Å². The van der Waals surface area contributed by atoms with Crippen LogP contribution in [-0.4, -0.2) is 22.3 Å². The molecule has 0 atom stereocenters. The maximum atomic E-state index is 11.6. The first-order valence-electron chi connectivity index (χ1n) is 5.65. The molecule has 1 aromatic carbocycles. The van der Waals surface area contributed by atoms with E-state index in [9.17, 15) is 14.9 Å². The number of amides is 1. The topological polar surface area (TPSA) is 63.5 Å². The Bertz CT molecular complexity index is 471. The highest BCUT2D eigenvalue weighted by molar-refractivity contribution is 5.76. The summed E-state index contributed by atoms with van der Waals surface area (Å²) >= 11 is 0. The van der Waals surface area contributed by atoms with Crippen LogP contribution in [0.1, 0.15) is 24.5 Å². The van der Waals surface area contributed by atoms with E-state index >= 15 is 0 Å². The van der Waals surface area contributed by atoms with E-state index in [0.717, 1.165) is 17.5 Å². The highest BCUT2D eigenvalue weighted by Gasteiger charge is 2.21. The summed E-state index contributed by atoms with van der Waals surface area (Å²) in [5.41, 5.74) is 2.09. The number of nitrogens with zero attached hydrogens (tertiary/aromatic N) is 2. The molecule has 0 spiro atoms. The maximum absolute atomic E-state index is 11.6. The van der Waals surface area contributed by atoms with Gasteiger partial charge in [0.2, 0.25) is 5.91 Å². The Balaban J connectivity index is 2.26. The van der Waals surface area contributed by atoms with Crippen LogP contribution in [0.15, 0.2) is 18.2 Å². The summed E-state index contributed by atoms with van der Waals surface area (Å²) in [6.07, 6.45) is 1.25. The number of fused-ring (bicyclic) bond motifs is 1. The van der Waals surface area contributed by atoms with Crippen molar-refractivity contribution in [3.05, 3.63) is 39.4 Å². The van der Waals surface area contributed by atoms with Crippen LogP contribution >= 0.6 is 0 Å². The van der Waals surface area contributed by atoms with E-state index in [4.69, 9.17) is 0 Å². The largest absolute Gasteiger partial charge is 0.338 e. The van der Waals surface area contributed by atoms with Crippen molar-refractivity contribution in [2.24, 2.45) is 0 Å². The molecule has 90 valence electrons. The number of non-ortho nitro benzene ring substituents is 1. The van der Waals surface area contributed by atoms with Crippen molar-refractivity contribution in [2.45, 2.75) is 26.3 Å². The highest BCUT2D eigenvalue weighted by atomic mass is 16.6. The van der Waals surface area contributed by atoms with Crippen molar-refractivity contribution < 1.29 is 9.72 Å². The molecule has 0 radical (unpaired) electrons. The zero-order chi connectivity index (χ0) is 12.4. The lowest BCUT2D eigenvalue weighted by Gasteiger charge is -2.28. The Morgan fingerprint density at radius 1 is 1.47 bits per heavy atom. The van der Waals surface area contributed by atoms with Gasteiger partial charge < -0.3 is 4.90 Å². The molecule has 0 bridgehead atoms. The second kappa shape index (κ2) is 4.53. The normalized spacial score (nSPS) is 14.3. The van der Waals surface area contributed by atoms with Gasteiger partial charge in [-0.25, -0.2) is 0 Å². The fraction of sp³-hybridized carbons (Fsp3) is 0.417. The molecule has 0 N–H and O–H groups in total. The minimum absolute atomic E-state index is 0.0922. The van der Waals surface area contributed by atoms with Gasteiger partial charge >= 0.3 is 0 Å². The van der Waals surface area contributed by atoms with E-state index in [1.807, 2.05) is 6.92 Å². The predicted octanol–water partition coefficient (Wildman–Crippen LogP) is 1.89. The molecule has 0 saturated heterocycles. The van der Waals surface area contributed by atoms with Crippen molar-refractivity contribution in [2.75, 3.05) is 6.54 Å². The van der Waals surface area contributed by atoms with E-state index < -0.39 is 4.92 Å². The molecule has 2 rings (SSSR count). The molecule has 0 saturated carbocycles. The minimum Gasteiger partial charge on any atom is -0.338 e. The van der Waals surface area contributed by atoms with E-state index in [-0.39, 0.29) is 11.6 Å². The van der Waals surface area contributed by atoms with Gasteiger partial charge in [0.25, 0.3) is 5.69 Å². The van der Waals surface area contributed by atoms with Gasteiger partial charge in [0.1, 0.15) is 0 Å². The summed E-state index contributed by atoms with van der Waals surface area (Å²) in [6, 6.07) is 4.89. The Hall–Kier alpha value is -1.91. The van der Waals surface area contributed by atoms with Crippen molar-refractivity contribution >= 4 is 11.6 Å². The van der Waals surface area contributed by atoms with Gasteiger partial charge in [-0.2, -0.15) is 0 Å². The summed E-state index contributed by atoms with van der Waals surface area (Å²) in [7, 11) is 0. The summed E-state index contributed by atoms with van der Waals surface area (Å²) in [5, 5.41) is 10.7. The van der Waals surface area contributed by atoms with Crippen LogP contribution in [-0.2, 0) is 17.8 Å². The van der Waals surface area contributed by atoms with E-state index in [1.165, 1.54) is 6.07 Å². The molecule has 0 aliphatic carbocycles. The van der Waals surface area contributed by atoms with Crippen LogP contribution in [0.5, 0.6) is 0 Å². The number of nitro benzene ring substituents is 1. The standard InChI is InChI=1S/C12H14N2O3/c1-2-12(15)13-6-5-9-3-4-11(14(16)17)7-10(9)8-13/h3-4,7H,2,5-6,8H2,1H3. The minimum atomic E-state index is -0.402. The van der Waals surface area contributed by atoms with Gasteiger partial charge in [0.05, 0.1) is 4.92 Å². The van der Waals surface area contributed by atoms with Crippen LogP contribution in [0, 0.1) is 10.1 Å². The Morgan fingerprint density at radius 2 is 2.24 bits per heavy atom. The molecule has 1 aromatic rings. The van der Waals surface area contributed by atoms with Crippen LogP contribution in [0.25, 0.3) is 0 Å². The zero-order valence-corrected chi connectivity index (χ0v) is 9.68. The monoisotopic (exact) mass is 234 g/mol. The number of carbonyl (C=O) groups is 1. The quantitative estimate of drug-likeness (QED) is 0.579. The van der Waals surface area contributed by atoms with E-state index in [1.54, 1.807) is 17.0 Å². The molecule has 1 aliphatic rings. The van der Waals surface area contributed by atoms with E-state index in [0.29, 0.717) is 19.5 Å². The van der Waals surface area contributed by atoms with Crippen LogP contribution in [0.2, 0.25) is 0 Å². The first-order chi connectivity index (χ1) is 8.11. The second-order valence-electron chi connectivity index (χ2n) is 4.13. The summed E-state index contributed by atoms with van der Waals surface area (Å²) in [6.45, 7) is 3.02. The molecule has 5 nitrogen and oxygen atoms in total. The number of hydrogen-bond donors (Lipinski definition) is 0. The Labute approximate surface area is 99.2 Å². The molecule has 17 heavy (non-hydrogen) atoms. The third-order valence-electron chi connectivity index (χ3n) is 3.07. The second-order valence-corrected chi connectivity index (χ2v) is 4.13. The molecule has 0 fully saturated rings. The Kier molecular flexibility index (Phi) is 3.08. The average molecular weight is 234 g/mol. The van der Waals surface area contributed by atoms with Crippen molar-refractivity contribution in [1.82, 2.24) is 4.90 Å². The lowest BCUT2D eigenvalue weighted by molar-refractivity contribution is -0.385. The Morgan fingerprint density at radius 3 is 2.88 bits per heavy atom. The fourth-order valence-electron chi connectivity index (χ4n) is 2.09. The number of nitro groups is 1. The summed E-state index contributed by atoms with van der Waals surface area (Å²) < 4.78 is 0. The maximum Gasteiger partial charge on any atom is 0.269 e. The van der Waals surface area contributed by atoms with Gasteiger partial charge in [-0.05, 0) is 17.5 Å². The van der Waals surface area contributed by atoms with Gasteiger partial charge in [0, 0.05) is 31.6 Å². The average Bonchev–Trinajstić information content (AvgIpc) is 2.36. The molecular weight excluding hydrogens is 220 g/mol. The predicted molar refractivity (Wildman–Crippen MR) is 62.5 cm³/mol. The van der Waals surface area contributed by atoms with Gasteiger partial charge in [-0.15, -0.1) is 0 Å². The first kappa shape index (κ1) is 11.6. The molecule has 1 aliphatic heterocycles. The molecule has 0 unspecified atom stereocenters. The van der Waals surface area contributed by atoms with Gasteiger partial charge in [0.15, 0.2) is 0 Å². The third-order valence-corrected chi connectivity index (χ3v) is 3.07. The lowest BCUT2D eigenvalue weighted by Crippen LogP contribution is -2.35. The van der Waals surface area contributed by atoms with E-state index in [2.05, 4.69) is 0 Å². The van der Waals surface area contributed by atoms with Crippen LogP contribution < -0.4 is 0 Å². The van der Waals surface area contributed by atoms with Crippen molar-refractivity contribution in [3.8, 4) is 0 Å². The molecular formula is C12H14N2O3. The molecule has 0 aromatic heterocycles. The van der Waals surface area contributed by atoms with Crippen molar-refractivity contribution in [3.63, 3.8) is 0 Å². The highest BCUT2D eigenvalue weighted by Crippen LogP contribution is 2.24. The summed E-state index contributed by atoms with van der Waals surface area (Å²) in [4.78, 5) is 23.6. The number of carbonyl (C=O) groups excluding carboxylic acids is 1. The van der Waals surface area contributed by atoms with Crippen LogP contribution in [0.4, 0.5) is 5.69 Å². The third kappa shape index (κ3) is 2.27. The SMILES string of the molecule is CCC(=O)N1CCc2ccc([N+](=O)[O-])cc2C1. The van der Waals surface area contributed by atoms with Gasteiger partial charge in [-0.3, -0.25) is 14.9 Å². The molecule has 1 amide bonds.